The van der Waals surface area contributed by atoms with E-state index in [0.29, 0.717) is 19.1 Å². The summed E-state index contributed by atoms with van der Waals surface area (Å²) in [5.74, 6) is 0. The van der Waals surface area contributed by atoms with Gasteiger partial charge >= 0.3 is 32.4 Å². The third-order valence-electron chi connectivity index (χ3n) is 11.3. The minimum Gasteiger partial charge on any atom is -0.420 e. The molecule has 0 fully saturated rings. The Labute approximate surface area is 398 Å². The average molecular weight is 1030 g/mol. The van der Waals surface area contributed by atoms with Crippen LogP contribution in [0.1, 0.15) is 44.9 Å². The highest BCUT2D eigenvalue weighted by Crippen LogP contribution is 2.17. The van der Waals surface area contributed by atoms with E-state index in [1.165, 1.54) is 24.9 Å². The van der Waals surface area contributed by atoms with Crippen molar-refractivity contribution in [3.8, 4) is 0 Å². The van der Waals surface area contributed by atoms with Crippen LogP contribution in [0.15, 0.2) is 0 Å². The molecule has 0 aliphatic rings. The van der Waals surface area contributed by atoms with Crippen molar-refractivity contribution >= 4 is 57.4 Å². The fourth-order valence-electron chi connectivity index (χ4n) is 6.11. The lowest BCUT2D eigenvalue weighted by atomic mass is 10.4. The van der Waals surface area contributed by atoms with E-state index in [1.807, 2.05) is 14.2 Å². The molecule has 0 saturated carbocycles. The van der Waals surface area contributed by atoms with Gasteiger partial charge in [0.15, 0.2) is 25.0 Å². The van der Waals surface area contributed by atoms with Crippen molar-refractivity contribution in [2.45, 2.75) is 120 Å². The van der Waals surface area contributed by atoms with Crippen molar-refractivity contribution in [2.24, 2.45) is 0 Å². The summed E-state index contributed by atoms with van der Waals surface area (Å²) in [4.78, 5) is 11.6. The molecule has 0 spiro atoms. The van der Waals surface area contributed by atoms with Gasteiger partial charge in [-0.05, 0) is 142 Å². The number of carbonyl (C=O) groups is 1. The van der Waals surface area contributed by atoms with E-state index in [1.54, 1.807) is 71.1 Å². The van der Waals surface area contributed by atoms with Crippen LogP contribution in [0.4, 0.5) is 4.79 Å². The lowest BCUT2D eigenvalue weighted by Crippen LogP contribution is -2.44. The summed E-state index contributed by atoms with van der Waals surface area (Å²) in [6.07, 6.45) is 7.23. The predicted molar refractivity (Wildman–Crippen MR) is 275 cm³/mol. The Balaban J connectivity index is -0.000000876. The van der Waals surface area contributed by atoms with E-state index in [4.69, 9.17) is 53.1 Å². The Kier molecular flexibility index (Phi) is 43.5. The fraction of sp³-hybridized carbons (Fsp3) is 0.975. The van der Waals surface area contributed by atoms with E-state index in [0.717, 1.165) is 89.5 Å². The molecule has 18 nitrogen and oxygen atoms in total. The first-order valence-electron chi connectivity index (χ1n) is 23.0. The minimum atomic E-state index is -2.53. The summed E-state index contributed by atoms with van der Waals surface area (Å²) in [5.41, 5.74) is 0. The topological polar surface area (TPSA) is 188 Å². The largest absolute Gasteiger partial charge is 0.500 e. The second-order valence-electron chi connectivity index (χ2n) is 17.2. The van der Waals surface area contributed by atoms with Crippen LogP contribution in [0.5, 0.6) is 0 Å². The number of nitrogens with one attached hydrogen (secondary N) is 5. The second kappa shape index (κ2) is 40.8. The van der Waals surface area contributed by atoms with Crippen molar-refractivity contribution < 1.29 is 57.9 Å². The van der Waals surface area contributed by atoms with Gasteiger partial charge in [0.2, 0.25) is 0 Å². The summed E-state index contributed by atoms with van der Waals surface area (Å²) in [6.45, 7) is 20.8. The maximum Gasteiger partial charge on any atom is 0.500 e. The van der Waals surface area contributed by atoms with Crippen molar-refractivity contribution in [1.29, 1.82) is 0 Å². The molecule has 0 aliphatic heterocycles. The Morgan fingerprint density at radius 1 is 0.297 bits per heavy atom. The maximum absolute atomic E-state index is 11.6. The first-order chi connectivity index (χ1) is 30.2. The Bertz CT molecular complexity index is 1050. The number of urea groups is 1. The van der Waals surface area contributed by atoms with Gasteiger partial charge < -0.3 is 79.7 Å². The van der Waals surface area contributed by atoms with Crippen LogP contribution in [0.3, 0.4) is 0 Å². The Morgan fingerprint density at radius 2 is 0.500 bits per heavy atom. The van der Waals surface area contributed by atoms with Crippen molar-refractivity contribution in [3.05, 3.63) is 0 Å². The zero-order valence-electron chi connectivity index (χ0n) is 44.2. The molecule has 388 valence electrons. The van der Waals surface area contributed by atoms with Crippen molar-refractivity contribution in [2.75, 3.05) is 138 Å². The van der Waals surface area contributed by atoms with Crippen LogP contribution < -0.4 is 26.6 Å². The minimum absolute atomic E-state index is 0.142. The van der Waals surface area contributed by atoms with Gasteiger partial charge in [-0.25, -0.2) is 4.79 Å². The molecule has 0 bridgehead atoms. The molecule has 64 heavy (non-hydrogen) atoms. The molecule has 0 aromatic carbocycles. The molecule has 0 radical (unpaired) electrons. The zero-order valence-corrected chi connectivity index (χ0v) is 50.2. The highest BCUT2D eigenvalue weighted by molar-refractivity contribution is 6.71. The second-order valence-corrected chi connectivity index (χ2v) is 39.7. The smallest absolute Gasteiger partial charge is 0.420 e. The van der Waals surface area contributed by atoms with Gasteiger partial charge in [-0.1, -0.05) is 0 Å². The number of carbonyl (C=O) groups excluding carboxylic acids is 1. The standard InChI is InChI=1S/C15H38N2O4Si2.C13H32N2O5Si2.C12H31NO4Si2/c1-18-22(5,6)14-8-12-16-10-7-11-17-13-9-15-23(19-2,20-3)21-4;1-17-21(5,6)11-7-9-14-13(16)15-10-8-12-22(18-2,19-3)20-4;1-14-18(5,6)11-7-9-13-10-8-12-19(15-2,16-3)17-4/h16-17H,7-15H2,1-6H3;7-12H2,1-6H3,(H2,14,15,16);13H,7-12H2,1-6H3. The molecular formula is C40H101N5O13Si6. The van der Waals surface area contributed by atoms with E-state index in [2.05, 4.69) is 65.9 Å². The number of rotatable bonds is 40. The highest BCUT2D eigenvalue weighted by atomic mass is 28.4. The summed E-state index contributed by atoms with van der Waals surface area (Å²) in [7, 11) is 8.57. The molecule has 0 heterocycles. The van der Waals surface area contributed by atoms with Crippen LogP contribution in [0.2, 0.25) is 75.5 Å². The van der Waals surface area contributed by atoms with Gasteiger partial charge in [0.25, 0.3) is 0 Å². The Hall–Kier alpha value is -0.0287. The van der Waals surface area contributed by atoms with Crippen LogP contribution in [0.25, 0.3) is 0 Å². The van der Waals surface area contributed by atoms with Gasteiger partial charge in [-0.3, -0.25) is 0 Å². The number of amides is 2. The normalized spacial score (nSPS) is 12.7. The molecule has 2 amide bonds. The van der Waals surface area contributed by atoms with Crippen molar-refractivity contribution in [1.82, 2.24) is 26.6 Å². The van der Waals surface area contributed by atoms with Gasteiger partial charge in [-0.15, -0.1) is 0 Å². The van der Waals surface area contributed by atoms with E-state index >= 15 is 0 Å². The monoisotopic (exact) mass is 1030 g/mol. The summed E-state index contributed by atoms with van der Waals surface area (Å²) >= 11 is 0. The molecule has 0 saturated heterocycles. The lowest BCUT2D eigenvalue weighted by molar-refractivity contribution is 0.122. The summed E-state index contributed by atoms with van der Waals surface area (Å²) < 4.78 is 64.8. The van der Waals surface area contributed by atoms with E-state index in [-0.39, 0.29) is 6.03 Å². The average Bonchev–Trinajstić information content (AvgIpc) is 3.30. The number of hydrogen-bond donors (Lipinski definition) is 5. The van der Waals surface area contributed by atoms with Gasteiger partial charge in [0.05, 0.1) is 0 Å². The Morgan fingerprint density at radius 3 is 0.734 bits per heavy atom. The third-order valence-corrected chi connectivity index (χ3v) is 27.8. The van der Waals surface area contributed by atoms with Crippen LogP contribution in [-0.2, 0) is 53.1 Å². The SMILES string of the molecule is CO[Si](C)(C)CCCNC(=O)NCCC[Si](OC)(OC)OC.CO[Si](C)(C)CCCNCCCNCCC[Si](OC)(OC)OC.CO[Si](C)(C)CCCNCCC[Si](OC)(OC)OC. The van der Waals surface area contributed by atoms with Gasteiger partial charge in [0, 0.05) is 117 Å². The van der Waals surface area contributed by atoms with E-state index in [9.17, 15) is 4.79 Å². The predicted octanol–water partition coefficient (Wildman–Crippen LogP) is 5.95. The molecular weight excluding hydrogens is 927 g/mol. The summed E-state index contributed by atoms with van der Waals surface area (Å²) in [5, 5.41) is 16.1. The zero-order chi connectivity index (χ0) is 49.4. The highest BCUT2D eigenvalue weighted by Gasteiger charge is 2.38. The number of hydrogen-bond acceptors (Lipinski definition) is 16. The van der Waals surface area contributed by atoms with Crippen LogP contribution in [0, 0.1) is 0 Å². The van der Waals surface area contributed by atoms with Gasteiger partial charge in [0.1, 0.15) is 0 Å². The molecule has 0 unspecified atom stereocenters. The fourth-order valence-corrected chi connectivity index (χ4v) is 15.0. The molecule has 0 atom stereocenters. The molecule has 0 aliphatic carbocycles. The van der Waals surface area contributed by atoms with E-state index < -0.39 is 51.4 Å². The van der Waals surface area contributed by atoms with Gasteiger partial charge in [-0.2, -0.15) is 0 Å². The molecule has 24 heteroatoms. The molecule has 0 aromatic rings. The molecule has 0 aromatic heterocycles. The molecule has 5 N–H and O–H groups in total. The summed E-state index contributed by atoms with van der Waals surface area (Å²) in [6, 6.07) is 5.68. The maximum atomic E-state index is 11.6. The lowest BCUT2D eigenvalue weighted by Gasteiger charge is -2.24. The van der Waals surface area contributed by atoms with Crippen LogP contribution >= 0.6 is 0 Å². The quantitative estimate of drug-likeness (QED) is 0.0358. The van der Waals surface area contributed by atoms with Crippen LogP contribution in [-0.4, -0.2) is 195 Å². The first kappa shape index (κ1) is 68.2. The third kappa shape index (κ3) is 36.0. The molecule has 0 rings (SSSR count). The first-order valence-corrected chi connectivity index (χ1v) is 38.1. The van der Waals surface area contributed by atoms with Crippen molar-refractivity contribution in [3.63, 3.8) is 0 Å².